The fourth-order valence-electron chi connectivity index (χ4n) is 1.24. The van der Waals surface area contributed by atoms with Crippen LogP contribution in [0.4, 0.5) is 0 Å². The smallest absolute Gasteiger partial charge is 0.304 e. The summed E-state index contributed by atoms with van der Waals surface area (Å²) < 4.78 is 1.79. The molecule has 0 saturated carbocycles. The van der Waals surface area contributed by atoms with Gasteiger partial charge in [0.05, 0.1) is 17.8 Å². The van der Waals surface area contributed by atoms with E-state index < -0.39 is 5.97 Å². The minimum absolute atomic E-state index is 0.150. The Kier molecular flexibility index (Phi) is 3.64. The quantitative estimate of drug-likeness (QED) is 0.666. The fraction of sp³-hybridized carbons (Fsp3) is 0.556. The zero-order valence-electron chi connectivity index (χ0n) is 8.45. The van der Waals surface area contributed by atoms with E-state index in [1.54, 1.807) is 4.68 Å². The third-order valence-electron chi connectivity index (χ3n) is 1.92. The molecule has 0 aliphatic rings. The van der Waals surface area contributed by atoms with Crippen LogP contribution in [-0.4, -0.2) is 27.4 Å². The normalized spacial score (nSPS) is 10.4. The number of aromatic nitrogens is 2. The highest BCUT2D eigenvalue weighted by molar-refractivity contribution is 5.66. The first-order chi connectivity index (χ1) is 6.59. The van der Waals surface area contributed by atoms with Gasteiger partial charge in [0, 0.05) is 20.1 Å². The Morgan fingerprint density at radius 2 is 2.43 bits per heavy atom. The van der Waals surface area contributed by atoms with Crippen molar-refractivity contribution in [2.45, 2.75) is 19.9 Å². The van der Waals surface area contributed by atoms with Crippen LogP contribution in [0, 0.1) is 6.92 Å². The standard InChI is InChI=1S/C9H15N3O2/c1-7-5-8(12(2)11-7)6-10-4-3-9(13)14/h5,10H,3-4,6H2,1-2H3,(H,13,14). The van der Waals surface area contributed by atoms with Crippen molar-refractivity contribution in [1.82, 2.24) is 15.1 Å². The minimum atomic E-state index is -0.779. The number of rotatable bonds is 5. The van der Waals surface area contributed by atoms with Crippen molar-refractivity contribution in [1.29, 1.82) is 0 Å². The summed E-state index contributed by atoms with van der Waals surface area (Å²) in [6, 6.07) is 1.98. The van der Waals surface area contributed by atoms with Crippen LogP contribution >= 0.6 is 0 Å². The maximum atomic E-state index is 10.2. The molecule has 1 heterocycles. The molecule has 0 aliphatic carbocycles. The molecule has 0 fully saturated rings. The highest BCUT2D eigenvalue weighted by Crippen LogP contribution is 2.00. The molecule has 1 aromatic heterocycles. The fourth-order valence-corrected chi connectivity index (χ4v) is 1.24. The van der Waals surface area contributed by atoms with E-state index in [1.807, 2.05) is 20.0 Å². The number of hydrogen-bond acceptors (Lipinski definition) is 3. The molecule has 0 bridgehead atoms. The third-order valence-corrected chi connectivity index (χ3v) is 1.92. The van der Waals surface area contributed by atoms with Gasteiger partial charge in [-0.1, -0.05) is 0 Å². The molecule has 5 heteroatoms. The zero-order chi connectivity index (χ0) is 10.6. The number of nitrogens with one attached hydrogen (secondary N) is 1. The molecule has 0 aromatic carbocycles. The number of aliphatic carboxylic acids is 1. The molecule has 1 rings (SSSR count). The van der Waals surface area contributed by atoms with E-state index >= 15 is 0 Å². The average molecular weight is 197 g/mol. The SMILES string of the molecule is Cc1cc(CNCCC(=O)O)n(C)n1. The second-order valence-electron chi connectivity index (χ2n) is 3.22. The third kappa shape index (κ3) is 3.18. The summed E-state index contributed by atoms with van der Waals surface area (Å²) in [7, 11) is 1.88. The first-order valence-corrected chi connectivity index (χ1v) is 4.51. The highest BCUT2D eigenvalue weighted by Gasteiger charge is 2.01. The predicted octanol–water partition coefficient (Wildman–Crippen LogP) is 0.293. The molecule has 0 aliphatic heterocycles. The van der Waals surface area contributed by atoms with Crippen LogP contribution in [0.5, 0.6) is 0 Å². The average Bonchev–Trinajstić information content (AvgIpc) is 2.39. The Bertz CT molecular complexity index is 320. The monoisotopic (exact) mass is 197 g/mol. The van der Waals surface area contributed by atoms with Crippen LogP contribution in [0.25, 0.3) is 0 Å². The Balaban J connectivity index is 2.31. The van der Waals surface area contributed by atoms with Gasteiger partial charge in [-0.2, -0.15) is 5.10 Å². The van der Waals surface area contributed by atoms with Gasteiger partial charge in [0.2, 0.25) is 0 Å². The van der Waals surface area contributed by atoms with Gasteiger partial charge < -0.3 is 10.4 Å². The summed E-state index contributed by atoms with van der Waals surface area (Å²) in [5.41, 5.74) is 2.04. The summed E-state index contributed by atoms with van der Waals surface area (Å²) in [5.74, 6) is -0.779. The van der Waals surface area contributed by atoms with Gasteiger partial charge in [-0.05, 0) is 13.0 Å². The van der Waals surface area contributed by atoms with Crippen LogP contribution in [0.3, 0.4) is 0 Å². The van der Waals surface area contributed by atoms with Crippen molar-refractivity contribution < 1.29 is 9.90 Å². The summed E-state index contributed by atoms with van der Waals surface area (Å²) in [6.45, 7) is 3.07. The van der Waals surface area contributed by atoms with E-state index in [4.69, 9.17) is 5.11 Å². The molecule has 0 saturated heterocycles. The molecular weight excluding hydrogens is 182 g/mol. The maximum Gasteiger partial charge on any atom is 0.304 e. The summed E-state index contributed by atoms with van der Waals surface area (Å²) in [5, 5.41) is 15.6. The number of carboxylic acid groups (broad SMARTS) is 1. The van der Waals surface area contributed by atoms with Gasteiger partial charge in [-0.3, -0.25) is 9.48 Å². The maximum absolute atomic E-state index is 10.2. The molecule has 0 atom stereocenters. The number of nitrogens with zero attached hydrogens (tertiary/aromatic N) is 2. The largest absolute Gasteiger partial charge is 0.481 e. The minimum Gasteiger partial charge on any atom is -0.481 e. The van der Waals surface area contributed by atoms with Gasteiger partial charge in [0.25, 0.3) is 0 Å². The van der Waals surface area contributed by atoms with Crippen LogP contribution in [-0.2, 0) is 18.4 Å². The van der Waals surface area contributed by atoms with Gasteiger partial charge in [0.15, 0.2) is 0 Å². The first kappa shape index (κ1) is 10.7. The lowest BCUT2D eigenvalue weighted by Crippen LogP contribution is -2.19. The van der Waals surface area contributed by atoms with Crippen LogP contribution in [0.1, 0.15) is 17.8 Å². The number of carbonyl (C=O) groups is 1. The lowest BCUT2D eigenvalue weighted by Gasteiger charge is -2.02. The van der Waals surface area contributed by atoms with E-state index in [1.165, 1.54) is 0 Å². The molecule has 0 spiro atoms. The van der Waals surface area contributed by atoms with Crippen LogP contribution in [0.15, 0.2) is 6.07 Å². The summed E-state index contributed by atoms with van der Waals surface area (Å²) >= 11 is 0. The molecule has 5 nitrogen and oxygen atoms in total. The molecule has 1 aromatic rings. The zero-order valence-corrected chi connectivity index (χ0v) is 8.45. The van der Waals surface area contributed by atoms with Crippen molar-refractivity contribution in [3.63, 3.8) is 0 Å². The van der Waals surface area contributed by atoms with Crippen LogP contribution in [0.2, 0.25) is 0 Å². The topological polar surface area (TPSA) is 67.2 Å². The molecule has 0 radical (unpaired) electrons. The highest BCUT2D eigenvalue weighted by atomic mass is 16.4. The van der Waals surface area contributed by atoms with Crippen molar-refractivity contribution in [3.05, 3.63) is 17.5 Å². The Morgan fingerprint density at radius 3 is 2.93 bits per heavy atom. The lowest BCUT2D eigenvalue weighted by atomic mass is 10.3. The molecule has 0 amide bonds. The van der Waals surface area contributed by atoms with E-state index in [-0.39, 0.29) is 6.42 Å². The Labute approximate surface area is 82.7 Å². The predicted molar refractivity (Wildman–Crippen MR) is 51.9 cm³/mol. The van der Waals surface area contributed by atoms with Gasteiger partial charge >= 0.3 is 5.97 Å². The van der Waals surface area contributed by atoms with Crippen LogP contribution < -0.4 is 5.32 Å². The number of carboxylic acids is 1. The van der Waals surface area contributed by atoms with E-state index in [0.717, 1.165) is 11.4 Å². The molecule has 0 unspecified atom stereocenters. The summed E-state index contributed by atoms with van der Waals surface area (Å²) in [6.07, 6.45) is 0.150. The molecule has 2 N–H and O–H groups in total. The molecular formula is C9H15N3O2. The lowest BCUT2D eigenvalue weighted by molar-refractivity contribution is -0.136. The van der Waals surface area contributed by atoms with E-state index in [9.17, 15) is 4.79 Å². The van der Waals surface area contributed by atoms with Crippen molar-refractivity contribution in [2.24, 2.45) is 7.05 Å². The first-order valence-electron chi connectivity index (χ1n) is 4.51. The second kappa shape index (κ2) is 4.76. The number of hydrogen-bond donors (Lipinski definition) is 2. The van der Waals surface area contributed by atoms with Crippen molar-refractivity contribution >= 4 is 5.97 Å². The van der Waals surface area contributed by atoms with Crippen molar-refractivity contribution in [3.8, 4) is 0 Å². The Hall–Kier alpha value is -1.36. The second-order valence-corrected chi connectivity index (χ2v) is 3.22. The Morgan fingerprint density at radius 1 is 1.71 bits per heavy atom. The van der Waals surface area contributed by atoms with Gasteiger partial charge in [-0.25, -0.2) is 0 Å². The van der Waals surface area contributed by atoms with E-state index in [0.29, 0.717) is 13.1 Å². The molecule has 14 heavy (non-hydrogen) atoms. The van der Waals surface area contributed by atoms with E-state index in [2.05, 4.69) is 10.4 Å². The van der Waals surface area contributed by atoms with Gasteiger partial charge in [-0.15, -0.1) is 0 Å². The summed E-state index contributed by atoms with van der Waals surface area (Å²) in [4.78, 5) is 10.2. The number of aryl methyl sites for hydroxylation is 2. The van der Waals surface area contributed by atoms with Crippen molar-refractivity contribution in [2.75, 3.05) is 6.54 Å². The van der Waals surface area contributed by atoms with Gasteiger partial charge in [0.1, 0.15) is 0 Å². The molecule has 78 valence electrons.